The molecule has 0 aromatic carbocycles. The summed E-state index contributed by atoms with van der Waals surface area (Å²) in [7, 11) is 0. The van der Waals surface area contributed by atoms with Crippen molar-refractivity contribution in [1.82, 2.24) is 14.4 Å². The Morgan fingerprint density at radius 1 is 1.35 bits per heavy atom. The number of alkyl halides is 3. The molecule has 0 radical (unpaired) electrons. The molecule has 0 amide bonds. The first-order valence-electron chi connectivity index (χ1n) is 4.03. The molecule has 1 N–H and O–H groups in total. The van der Waals surface area contributed by atoms with E-state index in [1.807, 2.05) is 0 Å². The fourth-order valence-electron chi connectivity index (χ4n) is 1.13. The van der Waals surface area contributed by atoms with Crippen LogP contribution < -0.4 is 0 Å². The molecular formula is C8H5BrF3N3O2. The van der Waals surface area contributed by atoms with Gasteiger partial charge in [0, 0.05) is 18.6 Å². The molecular weight excluding hydrogens is 307 g/mol. The smallest absolute Gasteiger partial charge is 0.419 e. The predicted octanol–water partition coefficient (Wildman–Crippen LogP) is 2.02. The van der Waals surface area contributed by atoms with E-state index in [2.05, 4.69) is 9.97 Å². The van der Waals surface area contributed by atoms with Gasteiger partial charge in [-0.3, -0.25) is 4.40 Å². The van der Waals surface area contributed by atoms with Crippen LogP contribution in [0.4, 0.5) is 13.2 Å². The van der Waals surface area contributed by atoms with Gasteiger partial charge in [-0.1, -0.05) is 0 Å². The Labute approximate surface area is 103 Å². The van der Waals surface area contributed by atoms with Gasteiger partial charge in [-0.15, -0.1) is 17.0 Å². The van der Waals surface area contributed by atoms with E-state index >= 15 is 0 Å². The van der Waals surface area contributed by atoms with Gasteiger partial charge in [0.25, 0.3) is 0 Å². The second kappa shape index (κ2) is 4.32. The monoisotopic (exact) mass is 311 g/mol. The van der Waals surface area contributed by atoms with Crippen molar-refractivity contribution in [3.8, 4) is 0 Å². The summed E-state index contributed by atoms with van der Waals surface area (Å²) < 4.78 is 37.8. The first-order chi connectivity index (χ1) is 7.38. The zero-order chi connectivity index (χ0) is 11.9. The topological polar surface area (TPSA) is 67.5 Å². The molecule has 0 spiro atoms. The standard InChI is InChI=1S/C8H4F3N3O2.BrH/c9-8(10,11)4-1-12-7-13-5(6(15)16)3-14(7)2-4;/h1-3H,(H,15,16);1H. The highest BCUT2D eigenvalue weighted by atomic mass is 79.9. The number of hydrogen-bond donors (Lipinski definition) is 1. The second-order valence-electron chi connectivity index (χ2n) is 2.98. The molecule has 9 heteroatoms. The Kier molecular flexibility index (Phi) is 3.41. The van der Waals surface area contributed by atoms with Gasteiger partial charge in [0.05, 0.1) is 5.56 Å². The van der Waals surface area contributed by atoms with Crippen molar-refractivity contribution < 1.29 is 23.1 Å². The number of carbonyl (C=O) groups is 1. The summed E-state index contributed by atoms with van der Waals surface area (Å²) in [4.78, 5) is 17.5. The molecule has 0 atom stereocenters. The summed E-state index contributed by atoms with van der Waals surface area (Å²) in [5.41, 5.74) is -1.32. The van der Waals surface area contributed by atoms with Crippen molar-refractivity contribution in [3.05, 3.63) is 29.8 Å². The van der Waals surface area contributed by atoms with Gasteiger partial charge in [-0.25, -0.2) is 14.8 Å². The molecule has 2 aromatic heterocycles. The molecule has 2 heterocycles. The van der Waals surface area contributed by atoms with Crippen molar-refractivity contribution in [3.63, 3.8) is 0 Å². The molecule has 0 aliphatic rings. The number of aromatic carboxylic acids is 1. The lowest BCUT2D eigenvalue weighted by molar-refractivity contribution is -0.138. The van der Waals surface area contributed by atoms with Crippen molar-refractivity contribution in [1.29, 1.82) is 0 Å². The summed E-state index contributed by atoms with van der Waals surface area (Å²) in [5, 5.41) is 8.59. The average Bonchev–Trinajstić information content (AvgIpc) is 2.58. The molecule has 17 heavy (non-hydrogen) atoms. The minimum Gasteiger partial charge on any atom is -0.476 e. The number of aromatic nitrogens is 3. The summed E-state index contributed by atoms with van der Waals surface area (Å²) in [6.45, 7) is 0. The van der Waals surface area contributed by atoms with E-state index in [-0.39, 0.29) is 28.5 Å². The van der Waals surface area contributed by atoms with Crippen LogP contribution in [0.25, 0.3) is 5.78 Å². The molecule has 2 aromatic rings. The summed E-state index contributed by atoms with van der Waals surface area (Å²) in [5.74, 6) is -1.41. The third kappa shape index (κ3) is 2.54. The van der Waals surface area contributed by atoms with Crippen LogP contribution in [-0.2, 0) is 6.18 Å². The maximum absolute atomic E-state index is 12.3. The molecule has 0 saturated heterocycles. The molecule has 0 unspecified atom stereocenters. The number of imidazole rings is 1. The molecule has 0 aliphatic carbocycles. The van der Waals surface area contributed by atoms with Gasteiger partial charge >= 0.3 is 12.1 Å². The molecule has 0 aliphatic heterocycles. The normalized spacial score (nSPS) is 11.2. The van der Waals surface area contributed by atoms with Crippen LogP contribution in [0.1, 0.15) is 16.1 Å². The van der Waals surface area contributed by atoms with Gasteiger partial charge < -0.3 is 5.11 Å². The van der Waals surface area contributed by atoms with Gasteiger partial charge in [0.2, 0.25) is 5.78 Å². The molecule has 0 bridgehead atoms. The highest BCUT2D eigenvalue weighted by Crippen LogP contribution is 2.28. The Morgan fingerprint density at radius 2 is 2.00 bits per heavy atom. The zero-order valence-corrected chi connectivity index (χ0v) is 9.68. The molecule has 92 valence electrons. The van der Waals surface area contributed by atoms with Crippen LogP contribution >= 0.6 is 17.0 Å². The Morgan fingerprint density at radius 3 is 2.53 bits per heavy atom. The van der Waals surface area contributed by atoms with Crippen molar-refractivity contribution in [2.75, 3.05) is 0 Å². The number of nitrogens with zero attached hydrogens (tertiary/aromatic N) is 3. The second-order valence-corrected chi connectivity index (χ2v) is 2.98. The molecule has 5 nitrogen and oxygen atoms in total. The largest absolute Gasteiger partial charge is 0.476 e. The third-order valence-corrected chi connectivity index (χ3v) is 1.86. The van der Waals surface area contributed by atoms with E-state index in [1.54, 1.807) is 0 Å². The van der Waals surface area contributed by atoms with Crippen LogP contribution in [0, 0.1) is 0 Å². The lowest BCUT2D eigenvalue weighted by atomic mass is 10.3. The molecule has 2 rings (SSSR count). The van der Waals surface area contributed by atoms with Gasteiger partial charge in [0.1, 0.15) is 0 Å². The SMILES string of the molecule is Br.O=C(O)c1cn2cc(C(F)(F)F)cnc2n1. The van der Waals surface area contributed by atoms with Crippen molar-refractivity contribution in [2.24, 2.45) is 0 Å². The van der Waals surface area contributed by atoms with Crippen LogP contribution in [0.5, 0.6) is 0 Å². The molecule has 0 fully saturated rings. The van der Waals surface area contributed by atoms with E-state index in [9.17, 15) is 18.0 Å². The van der Waals surface area contributed by atoms with Crippen LogP contribution in [0.15, 0.2) is 18.6 Å². The number of rotatable bonds is 1. The van der Waals surface area contributed by atoms with Gasteiger partial charge in [-0.2, -0.15) is 13.2 Å². The predicted molar refractivity (Wildman–Crippen MR) is 55.3 cm³/mol. The number of fused-ring (bicyclic) bond motifs is 1. The van der Waals surface area contributed by atoms with Crippen LogP contribution in [0.2, 0.25) is 0 Å². The minimum atomic E-state index is -4.52. The van der Waals surface area contributed by atoms with Gasteiger partial charge in [-0.05, 0) is 0 Å². The highest BCUT2D eigenvalue weighted by molar-refractivity contribution is 8.93. The van der Waals surface area contributed by atoms with E-state index in [0.29, 0.717) is 6.20 Å². The van der Waals surface area contributed by atoms with Crippen LogP contribution in [-0.4, -0.2) is 25.4 Å². The van der Waals surface area contributed by atoms with Gasteiger partial charge in [0.15, 0.2) is 5.69 Å². The first-order valence-corrected chi connectivity index (χ1v) is 4.03. The van der Waals surface area contributed by atoms with E-state index in [1.165, 1.54) is 0 Å². The number of halogens is 4. The third-order valence-electron chi connectivity index (χ3n) is 1.86. The fourth-order valence-corrected chi connectivity index (χ4v) is 1.13. The van der Waals surface area contributed by atoms with Crippen molar-refractivity contribution in [2.45, 2.75) is 6.18 Å². The highest BCUT2D eigenvalue weighted by Gasteiger charge is 2.31. The average molecular weight is 312 g/mol. The Bertz CT molecular complexity index is 567. The lowest BCUT2D eigenvalue weighted by Crippen LogP contribution is -2.07. The molecule has 0 saturated carbocycles. The summed E-state index contributed by atoms with van der Waals surface area (Å²) in [6, 6.07) is 0. The van der Waals surface area contributed by atoms with E-state index < -0.39 is 17.7 Å². The minimum absolute atomic E-state index is 0. The van der Waals surface area contributed by atoms with Crippen molar-refractivity contribution >= 4 is 28.7 Å². The lowest BCUT2D eigenvalue weighted by Gasteiger charge is -2.05. The number of carboxylic acid groups (broad SMARTS) is 1. The number of carboxylic acids is 1. The maximum atomic E-state index is 12.3. The fraction of sp³-hybridized carbons (Fsp3) is 0.125. The zero-order valence-electron chi connectivity index (χ0n) is 7.97. The Balaban J connectivity index is 0.00000144. The quantitative estimate of drug-likeness (QED) is 0.875. The summed E-state index contributed by atoms with van der Waals surface area (Å²) >= 11 is 0. The Hall–Kier alpha value is -1.64. The maximum Gasteiger partial charge on any atom is 0.419 e. The number of hydrogen-bond acceptors (Lipinski definition) is 3. The van der Waals surface area contributed by atoms with E-state index in [4.69, 9.17) is 5.11 Å². The summed E-state index contributed by atoms with van der Waals surface area (Å²) in [6.07, 6.45) is -2.20. The van der Waals surface area contributed by atoms with E-state index in [0.717, 1.165) is 16.8 Å². The van der Waals surface area contributed by atoms with Crippen LogP contribution in [0.3, 0.4) is 0 Å². The first kappa shape index (κ1) is 13.4.